The maximum absolute atomic E-state index is 5.43. The van der Waals surface area contributed by atoms with Crippen LogP contribution >= 0.6 is 0 Å². The maximum atomic E-state index is 5.43. The molecule has 3 unspecified atom stereocenters. The molecule has 1 aromatic carbocycles. The van der Waals surface area contributed by atoms with Gasteiger partial charge < -0.3 is 15.4 Å². The van der Waals surface area contributed by atoms with E-state index < -0.39 is 0 Å². The molecule has 1 aliphatic heterocycles. The first kappa shape index (κ1) is 18.2. The summed E-state index contributed by atoms with van der Waals surface area (Å²) in [6.07, 6.45) is 1.28. The van der Waals surface area contributed by atoms with Crippen LogP contribution in [-0.4, -0.2) is 62.8 Å². The zero-order valence-electron chi connectivity index (χ0n) is 15.6. The molecule has 5 heteroatoms. The number of morpholine rings is 1. The number of aliphatic imine (C=N–C) groups is 1. The zero-order valence-corrected chi connectivity index (χ0v) is 15.6. The zero-order chi connectivity index (χ0) is 17.5. The van der Waals surface area contributed by atoms with Crippen LogP contribution < -0.4 is 10.6 Å². The lowest BCUT2D eigenvalue weighted by molar-refractivity contribution is 0.0220. The number of rotatable bonds is 7. The molecule has 2 N–H and O–H groups in total. The van der Waals surface area contributed by atoms with E-state index in [1.54, 1.807) is 0 Å². The van der Waals surface area contributed by atoms with Gasteiger partial charge in [0.1, 0.15) is 0 Å². The standard InChI is InChI=1S/C20H32N4O/c1-3-21-20(22-14-16(2)24-9-11-25-12-10-24)23-15-18-13-19(18)17-7-5-4-6-8-17/h4-8,16,18-19H,3,9-15H2,1-2H3,(H2,21,22,23). The highest BCUT2D eigenvalue weighted by molar-refractivity contribution is 5.79. The minimum Gasteiger partial charge on any atom is -0.379 e. The summed E-state index contributed by atoms with van der Waals surface area (Å²) in [5, 5.41) is 6.91. The Bertz CT molecular complexity index is 542. The second kappa shape index (κ2) is 9.20. The molecule has 1 saturated heterocycles. The highest BCUT2D eigenvalue weighted by Crippen LogP contribution is 2.46. The topological polar surface area (TPSA) is 48.9 Å². The second-order valence-electron chi connectivity index (χ2n) is 7.11. The molecule has 5 nitrogen and oxygen atoms in total. The van der Waals surface area contributed by atoms with Gasteiger partial charge in [-0.15, -0.1) is 0 Å². The molecular formula is C20H32N4O. The van der Waals surface area contributed by atoms with Crippen molar-refractivity contribution in [2.45, 2.75) is 32.2 Å². The van der Waals surface area contributed by atoms with Gasteiger partial charge in [-0.3, -0.25) is 9.89 Å². The Morgan fingerprint density at radius 2 is 2.00 bits per heavy atom. The van der Waals surface area contributed by atoms with Crippen molar-refractivity contribution in [3.05, 3.63) is 35.9 Å². The lowest BCUT2D eigenvalue weighted by Crippen LogP contribution is -2.44. The van der Waals surface area contributed by atoms with E-state index in [0.29, 0.717) is 12.0 Å². The molecule has 2 aliphatic rings. The second-order valence-corrected chi connectivity index (χ2v) is 7.11. The third-order valence-electron chi connectivity index (χ3n) is 5.21. The van der Waals surface area contributed by atoms with Crippen LogP contribution in [0.5, 0.6) is 0 Å². The van der Waals surface area contributed by atoms with E-state index >= 15 is 0 Å². The summed E-state index contributed by atoms with van der Waals surface area (Å²) in [4.78, 5) is 7.26. The minimum absolute atomic E-state index is 0.456. The average molecular weight is 345 g/mol. The van der Waals surface area contributed by atoms with E-state index in [0.717, 1.165) is 57.8 Å². The van der Waals surface area contributed by atoms with Gasteiger partial charge in [0, 0.05) is 32.2 Å². The number of nitrogens with one attached hydrogen (secondary N) is 2. The first-order valence-electron chi connectivity index (χ1n) is 9.67. The third kappa shape index (κ3) is 5.44. The number of nitrogens with zero attached hydrogens (tertiary/aromatic N) is 2. The lowest BCUT2D eigenvalue weighted by Gasteiger charge is -2.31. The predicted molar refractivity (Wildman–Crippen MR) is 103 cm³/mol. The normalized spacial score (nSPS) is 25.4. The Balaban J connectivity index is 1.44. The van der Waals surface area contributed by atoms with Crippen LogP contribution in [0.4, 0.5) is 0 Å². The van der Waals surface area contributed by atoms with Gasteiger partial charge >= 0.3 is 0 Å². The van der Waals surface area contributed by atoms with E-state index in [4.69, 9.17) is 9.73 Å². The van der Waals surface area contributed by atoms with Crippen molar-refractivity contribution in [2.75, 3.05) is 45.9 Å². The average Bonchev–Trinajstić information content (AvgIpc) is 3.45. The monoisotopic (exact) mass is 344 g/mol. The summed E-state index contributed by atoms with van der Waals surface area (Å²) >= 11 is 0. The number of ether oxygens (including phenoxy) is 1. The fourth-order valence-corrected chi connectivity index (χ4v) is 3.51. The molecule has 1 saturated carbocycles. The molecule has 1 aromatic rings. The number of hydrogen-bond acceptors (Lipinski definition) is 3. The molecule has 1 heterocycles. The highest BCUT2D eigenvalue weighted by atomic mass is 16.5. The highest BCUT2D eigenvalue weighted by Gasteiger charge is 2.37. The molecule has 3 rings (SSSR count). The minimum atomic E-state index is 0.456. The maximum Gasteiger partial charge on any atom is 0.191 e. The summed E-state index contributed by atoms with van der Waals surface area (Å²) < 4.78 is 5.43. The number of guanidine groups is 1. The predicted octanol–water partition coefficient (Wildman–Crippen LogP) is 2.07. The van der Waals surface area contributed by atoms with Gasteiger partial charge in [0.25, 0.3) is 0 Å². The largest absolute Gasteiger partial charge is 0.379 e. The Labute approximate surface area is 151 Å². The van der Waals surface area contributed by atoms with E-state index in [-0.39, 0.29) is 0 Å². The Kier molecular flexibility index (Phi) is 6.70. The van der Waals surface area contributed by atoms with E-state index in [1.807, 2.05) is 0 Å². The van der Waals surface area contributed by atoms with Crippen molar-refractivity contribution in [2.24, 2.45) is 10.9 Å². The fourth-order valence-electron chi connectivity index (χ4n) is 3.51. The summed E-state index contributed by atoms with van der Waals surface area (Å²) in [6, 6.07) is 11.3. The van der Waals surface area contributed by atoms with Crippen LogP contribution in [0, 0.1) is 5.92 Å². The molecular weight excluding hydrogens is 312 g/mol. The Morgan fingerprint density at radius 3 is 2.72 bits per heavy atom. The van der Waals surface area contributed by atoms with E-state index in [2.05, 4.69) is 59.7 Å². The van der Waals surface area contributed by atoms with Crippen LogP contribution in [0.1, 0.15) is 31.7 Å². The molecule has 3 atom stereocenters. The Hall–Kier alpha value is -1.59. The molecule has 0 radical (unpaired) electrons. The van der Waals surface area contributed by atoms with Crippen molar-refractivity contribution in [3.63, 3.8) is 0 Å². The van der Waals surface area contributed by atoms with Gasteiger partial charge in [-0.2, -0.15) is 0 Å². The third-order valence-corrected chi connectivity index (χ3v) is 5.21. The molecule has 25 heavy (non-hydrogen) atoms. The van der Waals surface area contributed by atoms with Crippen molar-refractivity contribution < 1.29 is 4.74 Å². The van der Waals surface area contributed by atoms with Gasteiger partial charge in [-0.25, -0.2) is 0 Å². The van der Waals surface area contributed by atoms with Gasteiger partial charge in [0.2, 0.25) is 0 Å². The van der Waals surface area contributed by atoms with Crippen molar-refractivity contribution in [1.82, 2.24) is 15.5 Å². The van der Waals surface area contributed by atoms with E-state index in [1.165, 1.54) is 12.0 Å². The molecule has 2 fully saturated rings. The number of hydrogen-bond donors (Lipinski definition) is 2. The number of benzene rings is 1. The summed E-state index contributed by atoms with van der Waals surface area (Å²) in [5.41, 5.74) is 1.47. The summed E-state index contributed by atoms with van der Waals surface area (Å²) in [6.45, 7) is 10.8. The van der Waals surface area contributed by atoms with Crippen LogP contribution in [0.3, 0.4) is 0 Å². The Morgan fingerprint density at radius 1 is 1.24 bits per heavy atom. The summed E-state index contributed by atoms with van der Waals surface area (Å²) in [5.74, 6) is 2.38. The molecule has 138 valence electrons. The van der Waals surface area contributed by atoms with E-state index in [9.17, 15) is 0 Å². The van der Waals surface area contributed by atoms with Gasteiger partial charge in [0.05, 0.1) is 19.8 Å². The van der Waals surface area contributed by atoms with Crippen molar-refractivity contribution in [3.8, 4) is 0 Å². The van der Waals surface area contributed by atoms with Crippen molar-refractivity contribution in [1.29, 1.82) is 0 Å². The van der Waals surface area contributed by atoms with Gasteiger partial charge in [0.15, 0.2) is 5.96 Å². The molecule has 0 bridgehead atoms. The van der Waals surface area contributed by atoms with Gasteiger partial charge in [-0.1, -0.05) is 30.3 Å². The smallest absolute Gasteiger partial charge is 0.191 e. The van der Waals surface area contributed by atoms with Crippen LogP contribution in [0.25, 0.3) is 0 Å². The summed E-state index contributed by atoms with van der Waals surface area (Å²) in [7, 11) is 0. The van der Waals surface area contributed by atoms with Crippen LogP contribution in [-0.2, 0) is 4.74 Å². The first-order valence-corrected chi connectivity index (χ1v) is 9.67. The molecule has 0 spiro atoms. The molecule has 0 aromatic heterocycles. The van der Waals surface area contributed by atoms with Crippen LogP contribution in [0.2, 0.25) is 0 Å². The molecule has 1 aliphatic carbocycles. The quantitative estimate of drug-likeness (QED) is 0.587. The fraction of sp³-hybridized carbons (Fsp3) is 0.650. The van der Waals surface area contributed by atoms with Gasteiger partial charge in [-0.05, 0) is 37.7 Å². The molecule has 0 amide bonds. The first-order chi connectivity index (χ1) is 12.3. The SMILES string of the molecule is CCNC(=NCC(C)N1CCOCC1)NCC1CC1c1ccccc1. The van der Waals surface area contributed by atoms with Crippen molar-refractivity contribution >= 4 is 5.96 Å². The van der Waals surface area contributed by atoms with Crippen LogP contribution in [0.15, 0.2) is 35.3 Å². The lowest BCUT2D eigenvalue weighted by atomic mass is 10.1.